The number of carbonyl (C=O) groups excluding carboxylic acids is 1. The number of likely N-dealkylation sites (N-methyl/N-ethyl adjacent to an activating group) is 1. The molecule has 0 radical (unpaired) electrons. The zero-order valence-corrected chi connectivity index (χ0v) is 11.9. The number of anilines is 1. The van der Waals surface area contributed by atoms with Crippen molar-refractivity contribution < 1.29 is 4.79 Å². The van der Waals surface area contributed by atoms with Crippen LogP contribution in [0.5, 0.6) is 0 Å². The van der Waals surface area contributed by atoms with Crippen LogP contribution in [0.4, 0.5) is 5.69 Å². The second kappa shape index (κ2) is 6.17. The summed E-state index contributed by atoms with van der Waals surface area (Å²) in [6.45, 7) is 6.84. The van der Waals surface area contributed by atoms with Crippen molar-refractivity contribution in [2.24, 2.45) is 0 Å². The number of nitrogens with zero attached hydrogens (tertiary/aromatic N) is 1. The van der Waals surface area contributed by atoms with Crippen LogP contribution in [0.15, 0.2) is 24.3 Å². The minimum absolute atomic E-state index is 0.0720. The average molecular weight is 261 g/mol. The van der Waals surface area contributed by atoms with E-state index >= 15 is 0 Å². The second-order valence-electron chi connectivity index (χ2n) is 5.43. The lowest BCUT2D eigenvalue weighted by atomic mass is 10.0. The number of rotatable bonds is 3. The third kappa shape index (κ3) is 3.33. The van der Waals surface area contributed by atoms with Crippen molar-refractivity contribution >= 4 is 11.6 Å². The summed E-state index contributed by atoms with van der Waals surface area (Å²) in [5.74, 6) is 0.474. The van der Waals surface area contributed by atoms with E-state index in [1.54, 1.807) is 0 Å². The summed E-state index contributed by atoms with van der Waals surface area (Å²) in [7, 11) is 2.00. The summed E-state index contributed by atoms with van der Waals surface area (Å²) < 4.78 is 0. The van der Waals surface area contributed by atoms with Crippen LogP contribution in [0.25, 0.3) is 0 Å². The summed E-state index contributed by atoms with van der Waals surface area (Å²) in [5.41, 5.74) is 2.11. The molecular weight excluding hydrogens is 238 g/mol. The zero-order valence-electron chi connectivity index (χ0n) is 11.9. The molecule has 0 aromatic heterocycles. The molecule has 1 unspecified atom stereocenters. The predicted molar refractivity (Wildman–Crippen MR) is 78.4 cm³/mol. The zero-order chi connectivity index (χ0) is 13.8. The lowest BCUT2D eigenvalue weighted by Crippen LogP contribution is -2.54. The first kappa shape index (κ1) is 14.0. The Balaban J connectivity index is 2.10. The number of piperazine rings is 1. The van der Waals surface area contributed by atoms with Crippen molar-refractivity contribution in [2.75, 3.05) is 32.0 Å². The van der Waals surface area contributed by atoms with E-state index in [0.29, 0.717) is 12.5 Å². The van der Waals surface area contributed by atoms with Crippen molar-refractivity contribution in [3.05, 3.63) is 29.8 Å². The van der Waals surface area contributed by atoms with Gasteiger partial charge in [-0.1, -0.05) is 32.0 Å². The van der Waals surface area contributed by atoms with Crippen molar-refractivity contribution in [1.82, 2.24) is 10.2 Å². The lowest BCUT2D eigenvalue weighted by molar-refractivity contribution is -0.121. The SMILES string of the molecule is CC(C)c1ccccc1NC(=O)C1CNCCN1C. The summed E-state index contributed by atoms with van der Waals surface area (Å²) in [5, 5.41) is 6.34. The Morgan fingerprint density at radius 2 is 2.16 bits per heavy atom. The van der Waals surface area contributed by atoms with Crippen molar-refractivity contribution in [2.45, 2.75) is 25.8 Å². The maximum absolute atomic E-state index is 12.4. The highest BCUT2D eigenvalue weighted by molar-refractivity contribution is 5.95. The highest BCUT2D eigenvalue weighted by atomic mass is 16.2. The topological polar surface area (TPSA) is 44.4 Å². The number of carbonyl (C=O) groups is 1. The molecule has 1 aromatic carbocycles. The summed E-state index contributed by atoms with van der Waals surface area (Å²) in [6, 6.07) is 7.94. The standard InChI is InChI=1S/C15H23N3O/c1-11(2)12-6-4-5-7-13(12)17-15(19)14-10-16-8-9-18(14)3/h4-7,11,14,16H,8-10H2,1-3H3,(H,17,19). The van der Waals surface area contributed by atoms with Crippen LogP contribution >= 0.6 is 0 Å². The fourth-order valence-corrected chi connectivity index (χ4v) is 2.43. The first-order valence-electron chi connectivity index (χ1n) is 6.90. The Bertz CT molecular complexity index is 445. The fraction of sp³-hybridized carbons (Fsp3) is 0.533. The van der Waals surface area contributed by atoms with Gasteiger partial charge in [-0.2, -0.15) is 0 Å². The first-order chi connectivity index (χ1) is 9.09. The van der Waals surface area contributed by atoms with Gasteiger partial charge >= 0.3 is 0 Å². The Morgan fingerprint density at radius 1 is 1.42 bits per heavy atom. The first-order valence-corrected chi connectivity index (χ1v) is 6.90. The van der Waals surface area contributed by atoms with E-state index in [9.17, 15) is 4.79 Å². The Hall–Kier alpha value is -1.39. The maximum Gasteiger partial charge on any atom is 0.243 e. The minimum atomic E-state index is -0.0889. The van der Waals surface area contributed by atoms with Gasteiger partial charge in [0.25, 0.3) is 0 Å². The van der Waals surface area contributed by atoms with Gasteiger partial charge in [0.05, 0.1) is 0 Å². The van der Waals surface area contributed by atoms with Crippen LogP contribution in [-0.2, 0) is 4.79 Å². The molecule has 2 N–H and O–H groups in total. The largest absolute Gasteiger partial charge is 0.324 e. The molecule has 4 heteroatoms. The highest BCUT2D eigenvalue weighted by Gasteiger charge is 2.26. The van der Waals surface area contributed by atoms with E-state index in [4.69, 9.17) is 0 Å². The second-order valence-corrected chi connectivity index (χ2v) is 5.43. The summed E-state index contributed by atoms with van der Waals surface area (Å²) >= 11 is 0. The van der Waals surface area contributed by atoms with Gasteiger partial charge in [-0.05, 0) is 24.6 Å². The number of amides is 1. The van der Waals surface area contributed by atoms with E-state index < -0.39 is 0 Å². The van der Waals surface area contributed by atoms with E-state index in [1.165, 1.54) is 5.56 Å². The predicted octanol–water partition coefficient (Wildman–Crippen LogP) is 1.65. The molecule has 0 spiro atoms. The molecule has 0 saturated carbocycles. The number of nitrogens with one attached hydrogen (secondary N) is 2. The summed E-state index contributed by atoms with van der Waals surface area (Å²) in [6.07, 6.45) is 0. The molecule has 0 bridgehead atoms. The van der Waals surface area contributed by atoms with Gasteiger partial charge in [0.1, 0.15) is 6.04 Å². The Morgan fingerprint density at radius 3 is 2.84 bits per heavy atom. The molecule has 104 valence electrons. The minimum Gasteiger partial charge on any atom is -0.324 e. The van der Waals surface area contributed by atoms with Crippen LogP contribution in [0.2, 0.25) is 0 Å². The smallest absolute Gasteiger partial charge is 0.243 e. The Kier molecular flexibility index (Phi) is 4.56. The number of benzene rings is 1. The fourth-order valence-electron chi connectivity index (χ4n) is 2.43. The van der Waals surface area contributed by atoms with Gasteiger partial charge < -0.3 is 10.6 Å². The molecule has 1 amide bonds. The molecule has 1 atom stereocenters. The number of hydrogen-bond acceptors (Lipinski definition) is 3. The highest BCUT2D eigenvalue weighted by Crippen LogP contribution is 2.24. The van der Waals surface area contributed by atoms with E-state index in [2.05, 4.69) is 35.4 Å². The quantitative estimate of drug-likeness (QED) is 0.869. The molecule has 1 fully saturated rings. The molecule has 1 aliphatic rings. The normalized spacial score (nSPS) is 20.5. The van der Waals surface area contributed by atoms with E-state index in [1.807, 2.05) is 25.2 Å². The lowest BCUT2D eigenvalue weighted by Gasteiger charge is -2.32. The van der Waals surface area contributed by atoms with E-state index in [-0.39, 0.29) is 11.9 Å². The molecule has 19 heavy (non-hydrogen) atoms. The van der Waals surface area contributed by atoms with Crippen molar-refractivity contribution in [1.29, 1.82) is 0 Å². The van der Waals surface area contributed by atoms with Crippen LogP contribution in [0.1, 0.15) is 25.3 Å². The molecule has 1 saturated heterocycles. The summed E-state index contributed by atoms with van der Waals surface area (Å²) in [4.78, 5) is 14.5. The van der Waals surface area contributed by atoms with Crippen LogP contribution in [0, 0.1) is 0 Å². The Labute approximate surface area is 115 Å². The molecular formula is C15H23N3O. The van der Waals surface area contributed by atoms with Crippen LogP contribution in [0.3, 0.4) is 0 Å². The van der Waals surface area contributed by atoms with Gasteiger partial charge in [0, 0.05) is 25.3 Å². The molecule has 1 aliphatic heterocycles. The molecule has 1 heterocycles. The van der Waals surface area contributed by atoms with Crippen molar-refractivity contribution in [3.8, 4) is 0 Å². The number of hydrogen-bond donors (Lipinski definition) is 2. The van der Waals surface area contributed by atoms with E-state index in [0.717, 1.165) is 18.8 Å². The molecule has 4 nitrogen and oxygen atoms in total. The monoisotopic (exact) mass is 261 g/mol. The van der Waals surface area contributed by atoms with Gasteiger partial charge in [0.15, 0.2) is 0 Å². The number of para-hydroxylation sites is 1. The van der Waals surface area contributed by atoms with Crippen LogP contribution in [-0.4, -0.2) is 43.5 Å². The van der Waals surface area contributed by atoms with Gasteiger partial charge in [-0.25, -0.2) is 0 Å². The van der Waals surface area contributed by atoms with Gasteiger partial charge in [-0.15, -0.1) is 0 Å². The molecule has 2 rings (SSSR count). The third-order valence-electron chi connectivity index (χ3n) is 3.65. The molecule has 1 aromatic rings. The maximum atomic E-state index is 12.4. The van der Waals surface area contributed by atoms with Crippen LogP contribution < -0.4 is 10.6 Å². The molecule has 0 aliphatic carbocycles. The van der Waals surface area contributed by atoms with Gasteiger partial charge in [-0.3, -0.25) is 9.69 Å². The van der Waals surface area contributed by atoms with Gasteiger partial charge in [0.2, 0.25) is 5.91 Å². The average Bonchev–Trinajstić information content (AvgIpc) is 2.39. The van der Waals surface area contributed by atoms with Crippen molar-refractivity contribution in [3.63, 3.8) is 0 Å². The third-order valence-corrected chi connectivity index (χ3v) is 3.65.